The zero-order valence-corrected chi connectivity index (χ0v) is 21.5. The number of amides is 1. The van der Waals surface area contributed by atoms with E-state index in [0.29, 0.717) is 21.3 Å². The zero-order valence-electron chi connectivity index (χ0n) is 20.7. The van der Waals surface area contributed by atoms with Crippen LogP contribution in [-0.4, -0.2) is 54.8 Å². The van der Waals surface area contributed by atoms with Crippen molar-refractivity contribution in [1.82, 2.24) is 9.47 Å². The van der Waals surface area contributed by atoms with Gasteiger partial charge >= 0.3 is 5.97 Å². The fourth-order valence-corrected chi connectivity index (χ4v) is 4.90. The highest BCUT2D eigenvalue weighted by atomic mass is 32.2. The molecule has 0 bridgehead atoms. The summed E-state index contributed by atoms with van der Waals surface area (Å²) in [6.45, 7) is 4.13. The Bertz CT molecular complexity index is 1340. The zero-order chi connectivity index (χ0) is 25.3. The minimum absolute atomic E-state index is 0.0972. The first-order chi connectivity index (χ1) is 16.7. The average molecular weight is 489 g/mol. The lowest BCUT2D eigenvalue weighted by molar-refractivity contribution is -0.121. The predicted molar refractivity (Wildman–Crippen MR) is 143 cm³/mol. The van der Waals surface area contributed by atoms with Gasteiger partial charge < -0.3 is 14.2 Å². The van der Waals surface area contributed by atoms with Crippen LogP contribution in [0.4, 0.5) is 11.4 Å². The lowest BCUT2D eigenvalue weighted by Gasteiger charge is -2.14. The van der Waals surface area contributed by atoms with Crippen LogP contribution < -0.4 is 4.90 Å². The largest absolute Gasteiger partial charge is 0.465 e. The number of aliphatic imine (C=N–C) groups is 1. The molecule has 7 nitrogen and oxygen atoms in total. The van der Waals surface area contributed by atoms with Gasteiger partial charge in [-0.25, -0.2) is 9.79 Å². The second-order valence-electron chi connectivity index (χ2n) is 8.48. The fourth-order valence-electron chi connectivity index (χ4n) is 3.92. The Kier molecular flexibility index (Phi) is 6.84. The Balaban J connectivity index is 1.61. The minimum Gasteiger partial charge on any atom is -0.465 e. The van der Waals surface area contributed by atoms with E-state index >= 15 is 0 Å². The lowest BCUT2D eigenvalue weighted by Crippen LogP contribution is -2.23. The number of likely N-dealkylation sites (N-methyl/N-ethyl adjacent to an activating group) is 1. The van der Waals surface area contributed by atoms with Crippen molar-refractivity contribution < 1.29 is 14.3 Å². The van der Waals surface area contributed by atoms with E-state index in [1.807, 2.05) is 20.2 Å². The molecular formula is C27H28N4O3S. The van der Waals surface area contributed by atoms with Crippen molar-refractivity contribution in [3.8, 4) is 5.69 Å². The number of nitrogens with zero attached hydrogens (tertiary/aromatic N) is 4. The van der Waals surface area contributed by atoms with E-state index in [1.54, 1.807) is 36.2 Å². The van der Waals surface area contributed by atoms with Gasteiger partial charge in [0.15, 0.2) is 5.17 Å². The standard InChI is InChI=1S/C27H28N4O3S/c1-17-15-20(18(2)31(17)23-13-11-22(12-14-23)29(3)4)16-24-25(32)30(5)27(35-24)28-21-9-7-19(8-10-21)26(33)34-6/h7-16H,1-6H3/b24-16+,28-27?. The maximum Gasteiger partial charge on any atom is 0.337 e. The fraction of sp³-hybridized carbons (Fsp3) is 0.222. The second-order valence-corrected chi connectivity index (χ2v) is 9.49. The van der Waals surface area contributed by atoms with E-state index in [-0.39, 0.29) is 5.91 Å². The van der Waals surface area contributed by atoms with Crippen molar-refractivity contribution >= 4 is 46.3 Å². The molecule has 1 aliphatic rings. The van der Waals surface area contributed by atoms with E-state index in [2.05, 4.69) is 58.6 Å². The molecule has 35 heavy (non-hydrogen) atoms. The third kappa shape index (κ3) is 4.88. The molecule has 3 aromatic rings. The van der Waals surface area contributed by atoms with Crippen LogP contribution in [0, 0.1) is 13.8 Å². The molecule has 2 aromatic carbocycles. The van der Waals surface area contributed by atoms with Crippen LogP contribution in [0.25, 0.3) is 11.8 Å². The number of thioether (sulfide) groups is 1. The Morgan fingerprint density at radius 1 is 1.06 bits per heavy atom. The number of carbonyl (C=O) groups excluding carboxylic acids is 2. The molecule has 1 aliphatic heterocycles. The molecule has 8 heteroatoms. The lowest BCUT2D eigenvalue weighted by atomic mass is 10.2. The molecule has 0 radical (unpaired) electrons. The molecule has 1 amide bonds. The summed E-state index contributed by atoms with van der Waals surface area (Å²) >= 11 is 1.34. The van der Waals surface area contributed by atoms with Crippen molar-refractivity contribution in [2.75, 3.05) is 33.2 Å². The number of hydrogen-bond acceptors (Lipinski definition) is 6. The van der Waals surface area contributed by atoms with Gasteiger partial charge in [0.2, 0.25) is 0 Å². The van der Waals surface area contributed by atoms with Crippen LogP contribution in [0.5, 0.6) is 0 Å². The molecular weight excluding hydrogens is 460 g/mol. The molecule has 0 N–H and O–H groups in total. The summed E-state index contributed by atoms with van der Waals surface area (Å²) in [5, 5.41) is 0.583. The van der Waals surface area contributed by atoms with Gasteiger partial charge in [0, 0.05) is 43.9 Å². The molecule has 4 rings (SSSR count). The van der Waals surface area contributed by atoms with E-state index < -0.39 is 5.97 Å². The minimum atomic E-state index is -0.400. The van der Waals surface area contributed by atoms with Gasteiger partial charge in [-0.3, -0.25) is 9.69 Å². The van der Waals surface area contributed by atoms with Gasteiger partial charge in [-0.15, -0.1) is 0 Å². The molecule has 0 spiro atoms. The van der Waals surface area contributed by atoms with Crippen LogP contribution >= 0.6 is 11.8 Å². The van der Waals surface area contributed by atoms with Crippen molar-refractivity contribution in [1.29, 1.82) is 0 Å². The molecule has 180 valence electrons. The van der Waals surface area contributed by atoms with Crippen molar-refractivity contribution in [2.24, 2.45) is 4.99 Å². The monoisotopic (exact) mass is 488 g/mol. The number of aryl methyl sites for hydroxylation is 1. The highest BCUT2D eigenvalue weighted by molar-refractivity contribution is 8.18. The van der Waals surface area contributed by atoms with Crippen molar-refractivity contribution in [3.63, 3.8) is 0 Å². The summed E-state index contributed by atoms with van der Waals surface area (Å²) in [6, 6.07) is 17.3. The third-order valence-electron chi connectivity index (χ3n) is 5.90. The Morgan fingerprint density at radius 2 is 1.71 bits per heavy atom. The number of carbonyl (C=O) groups is 2. The number of methoxy groups -OCH3 is 1. The highest BCUT2D eigenvalue weighted by Crippen LogP contribution is 2.34. The van der Waals surface area contributed by atoms with E-state index in [4.69, 9.17) is 4.74 Å². The Hall–Kier alpha value is -3.78. The summed E-state index contributed by atoms with van der Waals surface area (Å²) < 4.78 is 6.92. The van der Waals surface area contributed by atoms with Crippen molar-refractivity contribution in [2.45, 2.75) is 13.8 Å². The maximum absolute atomic E-state index is 13.0. The molecule has 1 aromatic heterocycles. The number of benzene rings is 2. The summed E-state index contributed by atoms with van der Waals surface area (Å²) in [7, 11) is 7.10. The van der Waals surface area contributed by atoms with Gasteiger partial charge in [-0.1, -0.05) is 0 Å². The molecule has 0 saturated carbocycles. The maximum atomic E-state index is 13.0. The summed E-state index contributed by atoms with van der Waals surface area (Å²) in [5.74, 6) is -0.497. The van der Waals surface area contributed by atoms with Crippen LogP contribution in [0.2, 0.25) is 0 Å². The SMILES string of the molecule is COC(=O)c1ccc(N=C2S/C(=C/c3cc(C)n(-c4ccc(N(C)C)cc4)c3C)C(=O)N2C)cc1. The number of anilines is 1. The first-order valence-electron chi connectivity index (χ1n) is 11.1. The van der Waals surface area contributed by atoms with Crippen LogP contribution in [0.3, 0.4) is 0 Å². The van der Waals surface area contributed by atoms with Gasteiger partial charge in [0.25, 0.3) is 5.91 Å². The molecule has 0 atom stereocenters. The Morgan fingerprint density at radius 3 is 2.31 bits per heavy atom. The van der Waals surface area contributed by atoms with E-state index in [0.717, 1.165) is 28.3 Å². The average Bonchev–Trinajstić information content (AvgIpc) is 3.28. The van der Waals surface area contributed by atoms with E-state index in [1.165, 1.54) is 18.9 Å². The first kappa shape index (κ1) is 24.3. The van der Waals surface area contributed by atoms with Gasteiger partial charge in [0.1, 0.15) is 0 Å². The first-order valence-corrected chi connectivity index (χ1v) is 11.9. The highest BCUT2D eigenvalue weighted by Gasteiger charge is 2.30. The van der Waals surface area contributed by atoms with E-state index in [9.17, 15) is 9.59 Å². The number of amidine groups is 1. The van der Waals surface area contributed by atoms with Gasteiger partial charge in [0.05, 0.1) is 23.3 Å². The van der Waals surface area contributed by atoms with Crippen LogP contribution in [0.15, 0.2) is 64.5 Å². The normalized spacial score (nSPS) is 15.8. The Labute approximate surface area is 209 Å². The summed E-state index contributed by atoms with van der Waals surface area (Å²) in [5.41, 5.74) is 6.47. The number of ether oxygens (including phenoxy) is 1. The van der Waals surface area contributed by atoms with Gasteiger partial charge in [-0.2, -0.15) is 0 Å². The number of aromatic nitrogens is 1. The quantitative estimate of drug-likeness (QED) is 0.366. The topological polar surface area (TPSA) is 67.1 Å². The molecule has 2 heterocycles. The number of esters is 1. The van der Waals surface area contributed by atoms with Crippen LogP contribution in [-0.2, 0) is 9.53 Å². The van der Waals surface area contributed by atoms with Crippen molar-refractivity contribution in [3.05, 3.63) is 82.0 Å². The molecule has 0 unspecified atom stereocenters. The number of rotatable bonds is 5. The molecule has 1 saturated heterocycles. The smallest absolute Gasteiger partial charge is 0.337 e. The predicted octanol–water partition coefficient (Wildman–Crippen LogP) is 5.18. The summed E-state index contributed by atoms with van der Waals surface area (Å²) in [6.07, 6.45) is 1.93. The third-order valence-corrected chi connectivity index (χ3v) is 6.96. The number of hydrogen-bond donors (Lipinski definition) is 0. The summed E-state index contributed by atoms with van der Waals surface area (Å²) in [4.78, 5) is 33.4. The van der Waals surface area contributed by atoms with Crippen LogP contribution in [0.1, 0.15) is 27.3 Å². The second kappa shape index (κ2) is 9.84. The molecule has 1 fully saturated rings. The van der Waals surface area contributed by atoms with Gasteiger partial charge in [-0.05, 0) is 91.8 Å². The molecule has 0 aliphatic carbocycles.